The lowest BCUT2D eigenvalue weighted by atomic mass is 9.93. The van der Waals surface area contributed by atoms with Crippen LogP contribution in [0.5, 0.6) is 0 Å². The molecule has 1 aromatic heterocycles. The fourth-order valence-corrected chi connectivity index (χ4v) is 3.97. The van der Waals surface area contributed by atoms with E-state index in [0.717, 1.165) is 38.9 Å². The normalized spacial score (nSPS) is 14.5. The van der Waals surface area contributed by atoms with Crippen LogP contribution < -0.4 is 5.32 Å². The van der Waals surface area contributed by atoms with Gasteiger partial charge in [0.2, 0.25) is 0 Å². The Morgan fingerprint density at radius 2 is 2.00 bits per heavy atom. The third kappa shape index (κ3) is 5.39. The maximum absolute atomic E-state index is 13.9. The quantitative estimate of drug-likeness (QED) is 0.787. The molecule has 1 fully saturated rings. The van der Waals surface area contributed by atoms with Crippen molar-refractivity contribution >= 4 is 42.1 Å². The van der Waals surface area contributed by atoms with E-state index in [4.69, 9.17) is 0 Å². The number of halogens is 3. The molecule has 0 spiro atoms. The van der Waals surface area contributed by atoms with Crippen LogP contribution in [-0.2, 0) is 0 Å². The number of carbonyl (C=O) groups is 1. The summed E-state index contributed by atoms with van der Waals surface area (Å²) in [6.45, 7) is 2.61. The predicted molar refractivity (Wildman–Crippen MR) is 109 cm³/mol. The molecule has 4 nitrogen and oxygen atoms in total. The highest BCUT2D eigenvalue weighted by Gasteiger charge is 2.25. The predicted octanol–water partition coefficient (Wildman–Crippen LogP) is 4.25. The molecule has 8 heteroatoms. The number of piperidine rings is 1. The van der Waals surface area contributed by atoms with E-state index < -0.39 is 0 Å². The van der Waals surface area contributed by atoms with Gasteiger partial charge in [-0.25, -0.2) is 9.37 Å². The summed E-state index contributed by atoms with van der Waals surface area (Å²) in [5.74, 6) is 0.398. The molecule has 3 rings (SSSR count). The number of nitrogens with one attached hydrogen (secondary N) is 1. The van der Waals surface area contributed by atoms with Crippen molar-refractivity contribution in [2.45, 2.75) is 19.3 Å². The molecule has 0 radical (unpaired) electrons. The van der Waals surface area contributed by atoms with Crippen LogP contribution in [0.4, 0.5) is 4.39 Å². The van der Waals surface area contributed by atoms with Gasteiger partial charge in [-0.1, -0.05) is 12.1 Å². The zero-order chi connectivity index (χ0) is 16.9. The second-order valence-corrected chi connectivity index (χ2v) is 7.17. The maximum Gasteiger partial charge on any atom is 0.265 e. The molecule has 2 aromatic rings. The van der Waals surface area contributed by atoms with E-state index in [0.29, 0.717) is 21.4 Å². The standard InChI is InChI=1S/C18H22FN3OS.2ClH/c1-20-9-6-13-7-10-22(11-8-13)18(23)16-12-21-17(24-16)14-4-2-3-5-15(14)19;;/h2-5,12-13,20H,6-11H2,1H3;2*1H. The first-order valence-corrected chi connectivity index (χ1v) is 9.15. The van der Waals surface area contributed by atoms with Crippen LogP contribution in [0.1, 0.15) is 28.9 Å². The van der Waals surface area contributed by atoms with Crippen molar-refractivity contribution in [3.8, 4) is 10.6 Å². The van der Waals surface area contributed by atoms with Gasteiger partial charge in [0.1, 0.15) is 15.7 Å². The number of hydrogen-bond donors (Lipinski definition) is 1. The minimum absolute atomic E-state index is 0. The zero-order valence-corrected chi connectivity index (χ0v) is 17.1. The van der Waals surface area contributed by atoms with E-state index >= 15 is 0 Å². The molecule has 1 amide bonds. The Morgan fingerprint density at radius 1 is 1.31 bits per heavy atom. The molecule has 26 heavy (non-hydrogen) atoms. The summed E-state index contributed by atoms with van der Waals surface area (Å²) in [5.41, 5.74) is 0.451. The fraction of sp³-hybridized carbons (Fsp3) is 0.444. The first-order chi connectivity index (χ1) is 11.7. The van der Waals surface area contributed by atoms with Crippen LogP contribution >= 0.6 is 36.2 Å². The lowest BCUT2D eigenvalue weighted by Gasteiger charge is -2.31. The number of nitrogens with zero attached hydrogens (tertiary/aromatic N) is 2. The van der Waals surface area contributed by atoms with Gasteiger partial charge in [0.05, 0.1) is 6.20 Å². The average Bonchev–Trinajstić information content (AvgIpc) is 3.10. The van der Waals surface area contributed by atoms with Crippen LogP contribution in [0.2, 0.25) is 0 Å². The summed E-state index contributed by atoms with van der Waals surface area (Å²) in [7, 11) is 1.97. The van der Waals surface area contributed by atoms with Crippen molar-refractivity contribution < 1.29 is 9.18 Å². The van der Waals surface area contributed by atoms with Crippen molar-refractivity contribution in [3.05, 3.63) is 41.2 Å². The molecule has 1 aromatic carbocycles. The highest BCUT2D eigenvalue weighted by molar-refractivity contribution is 7.16. The summed E-state index contributed by atoms with van der Waals surface area (Å²) in [6.07, 6.45) is 4.83. The number of rotatable bonds is 5. The molecule has 0 aliphatic carbocycles. The lowest BCUT2D eigenvalue weighted by molar-refractivity contribution is 0.0692. The minimum Gasteiger partial charge on any atom is -0.338 e. The number of benzene rings is 1. The highest BCUT2D eigenvalue weighted by Crippen LogP contribution is 2.29. The van der Waals surface area contributed by atoms with Gasteiger partial charge in [-0.2, -0.15) is 0 Å². The molecular weight excluding hydrogens is 396 g/mol. The Bertz CT molecular complexity index is 705. The summed E-state index contributed by atoms with van der Waals surface area (Å²) in [6, 6.07) is 6.53. The molecule has 144 valence electrons. The van der Waals surface area contributed by atoms with Crippen LogP contribution in [0.25, 0.3) is 10.6 Å². The number of amides is 1. The molecule has 1 aliphatic heterocycles. The Labute approximate surface area is 170 Å². The van der Waals surface area contributed by atoms with Crippen molar-refractivity contribution in [2.75, 3.05) is 26.7 Å². The van der Waals surface area contributed by atoms with Gasteiger partial charge in [-0.05, 0) is 50.9 Å². The number of aromatic nitrogens is 1. The minimum atomic E-state index is -0.309. The van der Waals surface area contributed by atoms with E-state index in [-0.39, 0.29) is 36.5 Å². The third-order valence-corrected chi connectivity index (χ3v) is 5.54. The van der Waals surface area contributed by atoms with E-state index in [1.165, 1.54) is 17.4 Å². The monoisotopic (exact) mass is 419 g/mol. The van der Waals surface area contributed by atoms with Gasteiger partial charge in [-0.15, -0.1) is 36.2 Å². The van der Waals surface area contributed by atoms with Crippen molar-refractivity contribution in [1.82, 2.24) is 15.2 Å². The average molecular weight is 420 g/mol. The lowest BCUT2D eigenvalue weighted by Crippen LogP contribution is -2.38. The molecule has 0 atom stereocenters. The largest absolute Gasteiger partial charge is 0.338 e. The van der Waals surface area contributed by atoms with Crippen LogP contribution in [0.3, 0.4) is 0 Å². The third-order valence-electron chi connectivity index (χ3n) is 4.53. The van der Waals surface area contributed by atoms with Gasteiger partial charge >= 0.3 is 0 Å². The van der Waals surface area contributed by atoms with Crippen molar-refractivity contribution in [1.29, 1.82) is 0 Å². The molecule has 0 unspecified atom stereocenters. The molecular formula is C18H24Cl2FN3OS. The van der Waals surface area contributed by atoms with Crippen LogP contribution in [0, 0.1) is 11.7 Å². The second kappa shape index (κ2) is 10.8. The number of hydrogen-bond acceptors (Lipinski definition) is 4. The topological polar surface area (TPSA) is 45.2 Å². The first kappa shape index (κ1) is 22.8. The smallest absolute Gasteiger partial charge is 0.265 e. The second-order valence-electron chi connectivity index (χ2n) is 6.14. The van der Waals surface area contributed by atoms with Gasteiger partial charge in [0.25, 0.3) is 5.91 Å². The Morgan fingerprint density at radius 3 is 2.65 bits per heavy atom. The first-order valence-electron chi connectivity index (χ1n) is 8.33. The van der Waals surface area contributed by atoms with Crippen molar-refractivity contribution in [3.63, 3.8) is 0 Å². The summed E-state index contributed by atoms with van der Waals surface area (Å²) in [5, 5.41) is 3.74. The molecule has 0 saturated carbocycles. The van der Waals surface area contributed by atoms with Gasteiger partial charge in [0.15, 0.2) is 0 Å². The number of carbonyl (C=O) groups excluding carboxylic acids is 1. The van der Waals surface area contributed by atoms with Gasteiger partial charge in [-0.3, -0.25) is 4.79 Å². The maximum atomic E-state index is 13.9. The molecule has 0 bridgehead atoms. The molecule has 1 saturated heterocycles. The van der Waals surface area contributed by atoms with Gasteiger partial charge in [0, 0.05) is 18.7 Å². The van der Waals surface area contributed by atoms with Crippen LogP contribution in [-0.4, -0.2) is 42.5 Å². The SMILES string of the molecule is CNCCC1CCN(C(=O)c2cnc(-c3ccccc3F)s2)CC1.Cl.Cl. The zero-order valence-electron chi connectivity index (χ0n) is 14.6. The number of likely N-dealkylation sites (tertiary alicyclic amines) is 1. The summed E-state index contributed by atoms with van der Waals surface area (Å²) in [4.78, 5) is 19.4. The van der Waals surface area contributed by atoms with E-state index in [1.54, 1.807) is 24.4 Å². The highest BCUT2D eigenvalue weighted by atomic mass is 35.5. The van der Waals surface area contributed by atoms with E-state index in [9.17, 15) is 9.18 Å². The fourth-order valence-electron chi connectivity index (χ4n) is 3.06. The Kier molecular flexibility index (Phi) is 9.50. The molecule has 1 aliphatic rings. The Balaban J connectivity index is 0.00000169. The molecule has 2 heterocycles. The van der Waals surface area contributed by atoms with Gasteiger partial charge < -0.3 is 10.2 Å². The summed E-state index contributed by atoms with van der Waals surface area (Å²) >= 11 is 1.26. The molecule has 1 N–H and O–H groups in total. The Hall–Kier alpha value is -1.21. The van der Waals surface area contributed by atoms with E-state index in [2.05, 4.69) is 10.3 Å². The van der Waals surface area contributed by atoms with Crippen LogP contribution in [0.15, 0.2) is 30.5 Å². The summed E-state index contributed by atoms with van der Waals surface area (Å²) < 4.78 is 13.9. The van der Waals surface area contributed by atoms with Crippen molar-refractivity contribution in [2.24, 2.45) is 5.92 Å². The number of thiazole rings is 1. The van der Waals surface area contributed by atoms with E-state index in [1.807, 2.05) is 11.9 Å².